The number of nitrogens with zero attached hydrogens (tertiary/aromatic N) is 2. The molecule has 0 fully saturated rings. The minimum atomic E-state index is -1.03. The van der Waals surface area contributed by atoms with Crippen LogP contribution in [0, 0.1) is 0 Å². The first-order valence-electron chi connectivity index (χ1n) is 5.72. The Morgan fingerprint density at radius 3 is 2.74 bits per heavy atom. The van der Waals surface area contributed by atoms with E-state index in [1.54, 1.807) is 24.4 Å². The fraction of sp³-hybridized carbons (Fsp3) is 0.143. The molecule has 19 heavy (non-hydrogen) atoms. The average molecular weight is 277 g/mol. The van der Waals surface area contributed by atoms with Gasteiger partial charge in [0.15, 0.2) is 0 Å². The molecule has 0 aliphatic heterocycles. The Morgan fingerprint density at radius 2 is 2.11 bits per heavy atom. The highest BCUT2D eigenvalue weighted by Crippen LogP contribution is 2.27. The third kappa shape index (κ3) is 3.03. The smallest absolute Gasteiger partial charge is 0.339 e. The number of carboxylic acid groups (broad SMARTS) is 1. The van der Waals surface area contributed by atoms with E-state index in [0.717, 1.165) is 5.69 Å². The first-order chi connectivity index (χ1) is 9.09. The van der Waals surface area contributed by atoms with Crippen LogP contribution in [-0.2, 0) is 6.54 Å². The lowest BCUT2D eigenvalue weighted by Gasteiger charge is -2.21. The van der Waals surface area contributed by atoms with E-state index in [-0.39, 0.29) is 10.6 Å². The zero-order chi connectivity index (χ0) is 13.8. The fourth-order valence-corrected chi connectivity index (χ4v) is 2.11. The number of pyridine rings is 1. The standard InChI is InChI=1S/C14H13ClN2O2/c1-17(9-10-5-2-3-8-16-10)12-7-4-6-11(15)13(12)14(18)19/h2-8H,9H2,1H3,(H,18,19). The van der Waals surface area contributed by atoms with Crippen LogP contribution in [0.1, 0.15) is 16.1 Å². The number of rotatable bonds is 4. The van der Waals surface area contributed by atoms with Crippen molar-refractivity contribution in [1.82, 2.24) is 4.98 Å². The van der Waals surface area contributed by atoms with Gasteiger partial charge in [-0.2, -0.15) is 0 Å². The van der Waals surface area contributed by atoms with Crippen LogP contribution < -0.4 is 4.90 Å². The Morgan fingerprint density at radius 1 is 1.32 bits per heavy atom. The molecule has 0 unspecified atom stereocenters. The van der Waals surface area contributed by atoms with Crippen LogP contribution in [0.15, 0.2) is 42.6 Å². The Kier molecular flexibility index (Phi) is 4.02. The zero-order valence-corrected chi connectivity index (χ0v) is 11.1. The Labute approximate surface area is 116 Å². The summed E-state index contributed by atoms with van der Waals surface area (Å²) in [6.45, 7) is 0.515. The summed E-state index contributed by atoms with van der Waals surface area (Å²) in [6.07, 6.45) is 1.71. The van der Waals surface area contributed by atoms with E-state index in [4.69, 9.17) is 11.6 Å². The highest BCUT2D eigenvalue weighted by atomic mass is 35.5. The Balaban J connectivity index is 2.31. The molecule has 0 spiro atoms. The molecule has 4 nitrogen and oxygen atoms in total. The quantitative estimate of drug-likeness (QED) is 0.932. The van der Waals surface area contributed by atoms with E-state index in [2.05, 4.69) is 4.98 Å². The molecule has 0 amide bonds. The number of aromatic nitrogens is 1. The van der Waals surface area contributed by atoms with E-state index >= 15 is 0 Å². The predicted octanol–water partition coefficient (Wildman–Crippen LogP) is 3.07. The lowest BCUT2D eigenvalue weighted by atomic mass is 10.1. The second-order valence-electron chi connectivity index (χ2n) is 4.12. The molecule has 0 radical (unpaired) electrons. The molecule has 0 saturated heterocycles. The molecule has 0 atom stereocenters. The van der Waals surface area contributed by atoms with E-state index in [0.29, 0.717) is 12.2 Å². The third-order valence-electron chi connectivity index (χ3n) is 2.74. The second kappa shape index (κ2) is 5.71. The third-order valence-corrected chi connectivity index (χ3v) is 3.06. The van der Waals surface area contributed by atoms with Crippen molar-refractivity contribution < 1.29 is 9.90 Å². The van der Waals surface area contributed by atoms with Crippen LogP contribution in [0.4, 0.5) is 5.69 Å². The Bertz CT molecular complexity index is 587. The molecule has 1 aromatic heterocycles. The molecule has 5 heteroatoms. The van der Waals surface area contributed by atoms with E-state index in [9.17, 15) is 9.90 Å². The lowest BCUT2D eigenvalue weighted by Crippen LogP contribution is -2.20. The summed E-state index contributed by atoms with van der Waals surface area (Å²) in [4.78, 5) is 17.3. The van der Waals surface area contributed by atoms with Crippen molar-refractivity contribution in [2.45, 2.75) is 6.54 Å². The van der Waals surface area contributed by atoms with Crippen molar-refractivity contribution in [2.75, 3.05) is 11.9 Å². The number of carbonyl (C=O) groups is 1. The van der Waals surface area contributed by atoms with Gasteiger partial charge in [0.2, 0.25) is 0 Å². The van der Waals surface area contributed by atoms with Crippen LogP contribution >= 0.6 is 11.6 Å². The van der Waals surface area contributed by atoms with Crippen LogP contribution in [0.5, 0.6) is 0 Å². The molecule has 0 aliphatic rings. The lowest BCUT2D eigenvalue weighted by molar-refractivity contribution is 0.0697. The normalized spacial score (nSPS) is 10.2. The maximum absolute atomic E-state index is 11.3. The summed E-state index contributed by atoms with van der Waals surface area (Å²) in [5, 5.41) is 9.47. The van der Waals surface area contributed by atoms with Crippen molar-refractivity contribution in [3.63, 3.8) is 0 Å². The van der Waals surface area contributed by atoms with Gasteiger partial charge in [-0.3, -0.25) is 4.98 Å². The van der Waals surface area contributed by atoms with Crippen LogP contribution in [0.3, 0.4) is 0 Å². The average Bonchev–Trinajstić information content (AvgIpc) is 2.39. The van der Waals surface area contributed by atoms with E-state index < -0.39 is 5.97 Å². The number of benzene rings is 1. The molecular weight excluding hydrogens is 264 g/mol. The summed E-state index contributed by atoms with van der Waals surface area (Å²) in [5.41, 5.74) is 1.55. The number of carboxylic acids is 1. The summed E-state index contributed by atoms with van der Waals surface area (Å²) in [6, 6.07) is 10.7. The summed E-state index contributed by atoms with van der Waals surface area (Å²) in [7, 11) is 1.81. The fourth-order valence-electron chi connectivity index (χ4n) is 1.86. The summed E-state index contributed by atoms with van der Waals surface area (Å²) in [5.74, 6) is -1.03. The van der Waals surface area contributed by atoms with Gasteiger partial charge in [-0.15, -0.1) is 0 Å². The van der Waals surface area contributed by atoms with Crippen molar-refractivity contribution in [1.29, 1.82) is 0 Å². The molecular formula is C14H13ClN2O2. The summed E-state index contributed by atoms with van der Waals surface area (Å²) < 4.78 is 0. The van der Waals surface area contributed by atoms with Crippen molar-refractivity contribution in [2.24, 2.45) is 0 Å². The molecule has 2 aromatic rings. The molecule has 0 aliphatic carbocycles. The van der Waals surface area contributed by atoms with Gasteiger partial charge in [0, 0.05) is 13.2 Å². The van der Waals surface area contributed by atoms with Gasteiger partial charge in [0.1, 0.15) is 5.56 Å². The predicted molar refractivity (Wildman–Crippen MR) is 74.8 cm³/mol. The monoisotopic (exact) mass is 276 g/mol. The SMILES string of the molecule is CN(Cc1ccccn1)c1cccc(Cl)c1C(=O)O. The molecule has 1 N–H and O–H groups in total. The highest BCUT2D eigenvalue weighted by molar-refractivity contribution is 6.34. The number of halogens is 1. The zero-order valence-electron chi connectivity index (χ0n) is 10.4. The van der Waals surface area contributed by atoms with Gasteiger partial charge in [0.05, 0.1) is 22.9 Å². The van der Waals surface area contributed by atoms with Gasteiger partial charge >= 0.3 is 5.97 Å². The number of anilines is 1. The summed E-state index contributed by atoms with van der Waals surface area (Å²) >= 11 is 5.95. The molecule has 1 aromatic carbocycles. The molecule has 98 valence electrons. The van der Waals surface area contributed by atoms with Gasteiger partial charge < -0.3 is 10.0 Å². The minimum Gasteiger partial charge on any atom is -0.478 e. The van der Waals surface area contributed by atoms with Gasteiger partial charge in [-0.05, 0) is 24.3 Å². The van der Waals surface area contributed by atoms with Gasteiger partial charge in [-0.1, -0.05) is 23.7 Å². The van der Waals surface area contributed by atoms with Crippen LogP contribution in [-0.4, -0.2) is 23.1 Å². The van der Waals surface area contributed by atoms with Crippen LogP contribution in [0.2, 0.25) is 5.02 Å². The minimum absolute atomic E-state index is 0.114. The van der Waals surface area contributed by atoms with Crippen molar-refractivity contribution in [3.05, 3.63) is 58.9 Å². The maximum Gasteiger partial charge on any atom is 0.339 e. The number of hydrogen-bond acceptors (Lipinski definition) is 3. The molecule has 2 rings (SSSR count). The van der Waals surface area contributed by atoms with Gasteiger partial charge in [-0.25, -0.2) is 4.79 Å². The number of hydrogen-bond donors (Lipinski definition) is 1. The first kappa shape index (κ1) is 13.4. The second-order valence-corrected chi connectivity index (χ2v) is 4.52. The largest absolute Gasteiger partial charge is 0.478 e. The molecule has 1 heterocycles. The first-order valence-corrected chi connectivity index (χ1v) is 6.10. The number of aromatic carboxylic acids is 1. The van der Waals surface area contributed by atoms with E-state index in [1.807, 2.05) is 30.1 Å². The maximum atomic E-state index is 11.3. The highest BCUT2D eigenvalue weighted by Gasteiger charge is 2.17. The van der Waals surface area contributed by atoms with Crippen molar-refractivity contribution >= 4 is 23.3 Å². The van der Waals surface area contributed by atoms with Crippen molar-refractivity contribution in [3.8, 4) is 0 Å². The van der Waals surface area contributed by atoms with E-state index in [1.165, 1.54) is 0 Å². The molecule has 0 bridgehead atoms. The van der Waals surface area contributed by atoms with Crippen LogP contribution in [0.25, 0.3) is 0 Å². The topological polar surface area (TPSA) is 53.4 Å². The Hall–Kier alpha value is -2.07. The van der Waals surface area contributed by atoms with Gasteiger partial charge in [0.25, 0.3) is 0 Å². The molecule has 0 saturated carbocycles.